The lowest BCUT2D eigenvalue weighted by molar-refractivity contribution is 0.103. The fourth-order valence-corrected chi connectivity index (χ4v) is 4.20. The molecule has 1 unspecified atom stereocenters. The molecule has 7 heteroatoms. The number of nitrogens with zero attached hydrogens (tertiary/aromatic N) is 2. The van der Waals surface area contributed by atoms with Crippen molar-refractivity contribution in [3.8, 4) is 5.75 Å². The van der Waals surface area contributed by atoms with Crippen molar-refractivity contribution in [1.29, 1.82) is 5.41 Å². The molecule has 1 aromatic heterocycles. The number of methoxy groups -OCH3 is 1. The zero-order valence-electron chi connectivity index (χ0n) is 19.0. The first-order valence-corrected chi connectivity index (χ1v) is 11.3. The Morgan fingerprint density at radius 3 is 2.74 bits per heavy atom. The highest BCUT2D eigenvalue weighted by Gasteiger charge is 2.20. The molecule has 2 N–H and O–H groups in total. The Balaban J connectivity index is 1.58. The van der Waals surface area contributed by atoms with Gasteiger partial charge in [-0.25, -0.2) is 0 Å². The van der Waals surface area contributed by atoms with Crippen LogP contribution in [-0.2, 0) is 0 Å². The number of benzene rings is 2. The molecule has 34 heavy (non-hydrogen) atoms. The van der Waals surface area contributed by atoms with Crippen molar-refractivity contribution in [1.82, 2.24) is 4.98 Å². The number of rotatable bonds is 6. The lowest BCUT2D eigenvalue weighted by Crippen LogP contribution is -2.14. The Morgan fingerprint density at radius 2 is 2.00 bits per heavy atom. The Kier molecular flexibility index (Phi) is 7.18. The molecule has 0 radical (unpaired) electrons. The van der Waals surface area contributed by atoms with Gasteiger partial charge in [0.15, 0.2) is 5.78 Å². The molecule has 3 aromatic rings. The van der Waals surface area contributed by atoms with Crippen LogP contribution in [0.1, 0.15) is 46.3 Å². The molecular weight excluding hydrogens is 448 g/mol. The molecule has 0 saturated carbocycles. The molecule has 0 bridgehead atoms. The maximum absolute atomic E-state index is 12.9. The van der Waals surface area contributed by atoms with Gasteiger partial charge in [-0.05, 0) is 54.8 Å². The second kappa shape index (κ2) is 10.4. The predicted octanol–water partition coefficient (Wildman–Crippen LogP) is 5.92. The minimum absolute atomic E-state index is 0.0998. The standard InChI is InChI=1S/C27H25ClN4O2/c1-17-14-20(10-13-31-27(17)32-23-5-3-4-21(16-29)25(23)28)19-6-7-22(24(15-19)34-2)26(33)18-8-11-30-12-9-18/h3-9,11-12,14-16,20,29H,10,13H2,1-2H3,(H,31,32). The maximum Gasteiger partial charge on any atom is 0.196 e. The fourth-order valence-electron chi connectivity index (χ4n) is 3.98. The van der Waals surface area contributed by atoms with Crippen molar-refractivity contribution >= 4 is 35.1 Å². The predicted molar refractivity (Wildman–Crippen MR) is 137 cm³/mol. The molecule has 0 amide bonds. The number of hydrogen-bond acceptors (Lipinski definition) is 6. The Morgan fingerprint density at radius 1 is 1.21 bits per heavy atom. The van der Waals surface area contributed by atoms with Gasteiger partial charge in [-0.3, -0.25) is 14.8 Å². The SMILES string of the molecule is COc1cc(C2C=C(C)C(Nc3cccc(C=N)c3Cl)=NCC2)ccc1C(=O)c1ccncc1. The van der Waals surface area contributed by atoms with Gasteiger partial charge in [0.1, 0.15) is 11.6 Å². The Bertz CT molecular complexity index is 1290. The van der Waals surface area contributed by atoms with Crippen LogP contribution >= 0.6 is 11.6 Å². The molecule has 6 nitrogen and oxygen atoms in total. The summed E-state index contributed by atoms with van der Waals surface area (Å²) in [5, 5.41) is 11.3. The quantitative estimate of drug-likeness (QED) is 0.344. The molecule has 2 aromatic carbocycles. The number of ether oxygens (including phenoxy) is 1. The molecule has 1 aliphatic rings. The van der Waals surface area contributed by atoms with Gasteiger partial charge in [-0.15, -0.1) is 0 Å². The summed E-state index contributed by atoms with van der Waals surface area (Å²) in [5.74, 6) is 1.31. The number of allylic oxidation sites excluding steroid dienone is 1. The van der Waals surface area contributed by atoms with Gasteiger partial charge in [-0.2, -0.15) is 0 Å². The van der Waals surface area contributed by atoms with Gasteiger partial charge in [0, 0.05) is 42.2 Å². The number of amidine groups is 1. The second-order valence-electron chi connectivity index (χ2n) is 7.98. The molecule has 172 valence electrons. The highest BCUT2D eigenvalue weighted by atomic mass is 35.5. The number of aliphatic imine (C=N–C) groups is 1. The van der Waals surface area contributed by atoms with E-state index < -0.39 is 0 Å². The van der Waals surface area contributed by atoms with E-state index >= 15 is 0 Å². The number of halogens is 1. The van der Waals surface area contributed by atoms with Crippen molar-refractivity contribution in [2.75, 3.05) is 19.0 Å². The third-order valence-electron chi connectivity index (χ3n) is 5.81. The number of carbonyl (C=O) groups excluding carboxylic acids is 1. The lowest BCUT2D eigenvalue weighted by Gasteiger charge is -2.16. The minimum Gasteiger partial charge on any atom is -0.496 e. The van der Waals surface area contributed by atoms with Crippen LogP contribution < -0.4 is 10.1 Å². The summed E-state index contributed by atoms with van der Waals surface area (Å²) in [5.41, 5.74) is 4.51. The molecule has 0 saturated heterocycles. The molecule has 2 heterocycles. The number of pyridine rings is 1. The fraction of sp³-hybridized carbons (Fsp3) is 0.185. The number of aromatic nitrogens is 1. The highest BCUT2D eigenvalue weighted by molar-refractivity contribution is 6.36. The lowest BCUT2D eigenvalue weighted by atomic mass is 9.91. The average Bonchev–Trinajstić information content (AvgIpc) is 3.06. The van der Waals surface area contributed by atoms with Crippen LogP contribution in [0.5, 0.6) is 5.75 Å². The smallest absolute Gasteiger partial charge is 0.196 e. The van der Waals surface area contributed by atoms with Gasteiger partial charge >= 0.3 is 0 Å². The summed E-state index contributed by atoms with van der Waals surface area (Å²) in [6.07, 6.45) is 7.43. The van der Waals surface area contributed by atoms with E-state index in [9.17, 15) is 4.79 Å². The monoisotopic (exact) mass is 472 g/mol. The zero-order chi connectivity index (χ0) is 24.1. The van der Waals surface area contributed by atoms with Crippen molar-refractivity contribution in [3.05, 3.63) is 99.9 Å². The topological polar surface area (TPSA) is 87.4 Å². The van der Waals surface area contributed by atoms with Crippen molar-refractivity contribution < 1.29 is 9.53 Å². The largest absolute Gasteiger partial charge is 0.496 e. The normalized spacial score (nSPS) is 15.6. The van der Waals surface area contributed by atoms with E-state index in [-0.39, 0.29) is 11.7 Å². The molecule has 0 spiro atoms. The first-order chi connectivity index (χ1) is 16.5. The van der Waals surface area contributed by atoms with Crippen LogP contribution in [0.3, 0.4) is 0 Å². The van der Waals surface area contributed by atoms with Crippen LogP contribution in [0.4, 0.5) is 5.69 Å². The van der Waals surface area contributed by atoms with Crippen LogP contribution in [0, 0.1) is 5.41 Å². The average molecular weight is 473 g/mol. The number of nitrogens with one attached hydrogen (secondary N) is 2. The van der Waals surface area contributed by atoms with Gasteiger partial charge in [0.25, 0.3) is 0 Å². The van der Waals surface area contributed by atoms with E-state index in [4.69, 9.17) is 26.7 Å². The van der Waals surface area contributed by atoms with Gasteiger partial charge < -0.3 is 15.5 Å². The van der Waals surface area contributed by atoms with Crippen molar-refractivity contribution in [2.24, 2.45) is 4.99 Å². The van der Waals surface area contributed by atoms with Gasteiger partial charge in [0.2, 0.25) is 0 Å². The first-order valence-electron chi connectivity index (χ1n) is 10.9. The molecule has 0 aliphatic carbocycles. The summed E-state index contributed by atoms with van der Waals surface area (Å²) >= 11 is 6.43. The van der Waals surface area contributed by atoms with E-state index in [1.165, 1.54) is 6.21 Å². The highest BCUT2D eigenvalue weighted by Crippen LogP contribution is 2.32. The van der Waals surface area contributed by atoms with E-state index in [1.54, 1.807) is 37.7 Å². The molecular formula is C27H25ClN4O2. The number of ketones is 1. The summed E-state index contributed by atoms with van der Waals surface area (Å²) in [7, 11) is 1.58. The number of carbonyl (C=O) groups is 1. The minimum atomic E-state index is -0.0998. The van der Waals surface area contributed by atoms with E-state index in [0.29, 0.717) is 39.7 Å². The van der Waals surface area contributed by atoms with Gasteiger partial charge in [-0.1, -0.05) is 35.9 Å². The first kappa shape index (κ1) is 23.4. The molecule has 1 aliphatic heterocycles. The number of hydrogen-bond donors (Lipinski definition) is 2. The van der Waals surface area contributed by atoms with Crippen molar-refractivity contribution in [2.45, 2.75) is 19.3 Å². The number of anilines is 1. The maximum atomic E-state index is 12.9. The molecule has 1 atom stereocenters. The van der Waals surface area contributed by atoms with Crippen LogP contribution in [-0.4, -0.2) is 36.5 Å². The molecule has 0 fully saturated rings. The summed E-state index contributed by atoms with van der Waals surface area (Å²) in [6.45, 7) is 2.64. The van der Waals surface area contributed by atoms with Crippen LogP contribution in [0.15, 0.2) is 77.6 Å². The summed E-state index contributed by atoms with van der Waals surface area (Å²) in [6, 6.07) is 14.7. The van der Waals surface area contributed by atoms with E-state index in [0.717, 1.165) is 23.4 Å². The summed E-state index contributed by atoms with van der Waals surface area (Å²) < 4.78 is 5.58. The zero-order valence-corrected chi connectivity index (χ0v) is 19.8. The second-order valence-corrected chi connectivity index (χ2v) is 8.36. The Hall–Kier alpha value is -3.77. The van der Waals surface area contributed by atoms with Crippen LogP contribution in [0.25, 0.3) is 0 Å². The Labute approximate surface area is 203 Å². The van der Waals surface area contributed by atoms with Crippen LogP contribution in [0.2, 0.25) is 5.02 Å². The molecule has 4 rings (SSSR count). The third kappa shape index (κ3) is 4.92. The van der Waals surface area contributed by atoms with E-state index in [1.807, 2.05) is 37.3 Å². The van der Waals surface area contributed by atoms with Gasteiger partial charge in [0.05, 0.1) is 23.4 Å². The van der Waals surface area contributed by atoms with E-state index in [2.05, 4.69) is 16.4 Å². The summed E-state index contributed by atoms with van der Waals surface area (Å²) in [4.78, 5) is 21.6. The third-order valence-corrected chi connectivity index (χ3v) is 6.23. The van der Waals surface area contributed by atoms with Crippen molar-refractivity contribution in [3.63, 3.8) is 0 Å².